The molecule has 0 spiro atoms. The van der Waals surface area contributed by atoms with Gasteiger partial charge in [-0.25, -0.2) is 4.79 Å². The molecule has 0 radical (unpaired) electrons. The number of carbonyl (C=O) groups is 1. The average molecular weight is 208 g/mol. The second-order valence-corrected chi connectivity index (χ2v) is 3.08. The molecule has 0 N–H and O–H groups in total. The van der Waals surface area contributed by atoms with E-state index in [1.807, 2.05) is 19.9 Å². The third kappa shape index (κ3) is 2.72. The maximum atomic E-state index is 11.5. The smallest absolute Gasteiger partial charge is 0.338 e. The third-order valence-corrected chi connectivity index (χ3v) is 2.08. The predicted octanol–water partition coefficient (Wildman–Crippen LogP) is 2.57. The summed E-state index contributed by atoms with van der Waals surface area (Å²) in [6, 6.07) is 5.39. The molecular formula is C12H16O3. The highest BCUT2D eigenvalue weighted by Gasteiger charge is 2.12. The van der Waals surface area contributed by atoms with Crippen LogP contribution in [0, 0.1) is 6.92 Å². The van der Waals surface area contributed by atoms with Gasteiger partial charge in [-0.3, -0.25) is 0 Å². The number of ether oxygens (including phenoxy) is 2. The molecule has 0 aliphatic rings. The van der Waals surface area contributed by atoms with E-state index in [-0.39, 0.29) is 5.97 Å². The van der Waals surface area contributed by atoms with Crippen molar-refractivity contribution in [2.24, 2.45) is 0 Å². The van der Waals surface area contributed by atoms with Crippen LogP contribution in [0.3, 0.4) is 0 Å². The van der Waals surface area contributed by atoms with Crippen molar-refractivity contribution in [3.05, 3.63) is 29.3 Å². The normalized spacial score (nSPS) is 9.80. The summed E-state index contributed by atoms with van der Waals surface area (Å²) in [4.78, 5) is 11.5. The van der Waals surface area contributed by atoms with Gasteiger partial charge >= 0.3 is 5.97 Å². The van der Waals surface area contributed by atoms with E-state index in [1.54, 1.807) is 19.1 Å². The summed E-state index contributed by atoms with van der Waals surface area (Å²) in [7, 11) is 0. The highest BCUT2D eigenvalue weighted by molar-refractivity contribution is 5.91. The lowest BCUT2D eigenvalue weighted by molar-refractivity contribution is 0.0525. The average Bonchev–Trinajstić information content (AvgIpc) is 2.22. The lowest BCUT2D eigenvalue weighted by atomic mass is 10.1. The maximum absolute atomic E-state index is 11.5. The Kier molecular flexibility index (Phi) is 4.16. The molecule has 3 nitrogen and oxygen atoms in total. The molecule has 0 saturated carbocycles. The highest BCUT2D eigenvalue weighted by atomic mass is 16.5. The molecule has 0 saturated heterocycles. The Morgan fingerprint density at radius 3 is 2.60 bits per heavy atom. The van der Waals surface area contributed by atoms with Crippen molar-refractivity contribution < 1.29 is 14.3 Å². The first-order valence-electron chi connectivity index (χ1n) is 5.10. The molecule has 0 atom stereocenters. The van der Waals surface area contributed by atoms with E-state index in [9.17, 15) is 4.79 Å². The predicted molar refractivity (Wildman–Crippen MR) is 58.3 cm³/mol. The largest absolute Gasteiger partial charge is 0.494 e. The number of rotatable bonds is 4. The monoisotopic (exact) mass is 208 g/mol. The Hall–Kier alpha value is -1.51. The van der Waals surface area contributed by atoms with Crippen LogP contribution in [0.1, 0.15) is 29.8 Å². The Balaban J connectivity index is 2.98. The Morgan fingerprint density at radius 2 is 2.00 bits per heavy atom. The van der Waals surface area contributed by atoms with Gasteiger partial charge in [-0.2, -0.15) is 0 Å². The zero-order valence-electron chi connectivity index (χ0n) is 9.37. The van der Waals surface area contributed by atoms with Crippen molar-refractivity contribution in [1.29, 1.82) is 0 Å². The summed E-state index contributed by atoms with van der Waals surface area (Å²) in [5, 5.41) is 0. The van der Waals surface area contributed by atoms with Crippen molar-refractivity contribution in [2.45, 2.75) is 20.8 Å². The van der Waals surface area contributed by atoms with Gasteiger partial charge in [0.2, 0.25) is 0 Å². The van der Waals surface area contributed by atoms with Crippen LogP contribution in [0.2, 0.25) is 0 Å². The highest BCUT2D eigenvalue weighted by Crippen LogP contribution is 2.21. The zero-order valence-corrected chi connectivity index (χ0v) is 9.37. The molecule has 0 unspecified atom stereocenters. The zero-order chi connectivity index (χ0) is 11.3. The molecule has 0 aliphatic carbocycles. The number of benzene rings is 1. The number of hydrogen-bond acceptors (Lipinski definition) is 3. The summed E-state index contributed by atoms with van der Waals surface area (Å²) in [6.07, 6.45) is 0. The van der Waals surface area contributed by atoms with Gasteiger partial charge in [-0.15, -0.1) is 0 Å². The van der Waals surface area contributed by atoms with Gasteiger partial charge in [0.25, 0.3) is 0 Å². The van der Waals surface area contributed by atoms with Gasteiger partial charge < -0.3 is 9.47 Å². The van der Waals surface area contributed by atoms with E-state index in [0.29, 0.717) is 18.8 Å². The van der Waals surface area contributed by atoms with Crippen LogP contribution in [-0.2, 0) is 4.74 Å². The van der Waals surface area contributed by atoms with Gasteiger partial charge in [0, 0.05) is 5.56 Å². The maximum Gasteiger partial charge on any atom is 0.338 e. The quantitative estimate of drug-likeness (QED) is 0.713. The fourth-order valence-electron chi connectivity index (χ4n) is 1.36. The van der Waals surface area contributed by atoms with Crippen LogP contribution in [0.25, 0.3) is 0 Å². The summed E-state index contributed by atoms with van der Waals surface area (Å²) < 4.78 is 10.3. The molecule has 0 aromatic heterocycles. The van der Waals surface area contributed by atoms with Crippen LogP contribution in [0.4, 0.5) is 0 Å². The molecule has 1 aromatic carbocycles. The topological polar surface area (TPSA) is 35.5 Å². The molecule has 15 heavy (non-hydrogen) atoms. The second-order valence-electron chi connectivity index (χ2n) is 3.08. The van der Waals surface area contributed by atoms with Gasteiger partial charge in [-0.05, 0) is 32.9 Å². The fraction of sp³-hybridized carbons (Fsp3) is 0.417. The number of carbonyl (C=O) groups excluding carboxylic acids is 1. The Labute approximate surface area is 90.0 Å². The van der Waals surface area contributed by atoms with E-state index in [4.69, 9.17) is 9.47 Å². The summed E-state index contributed by atoms with van der Waals surface area (Å²) in [6.45, 7) is 6.54. The lowest BCUT2D eigenvalue weighted by Gasteiger charge is -2.10. The number of hydrogen-bond donors (Lipinski definition) is 0. The summed E-state index contributed by atoms with van der Waals surface area (Å²) in [5.74, 6) is 0.444. The van der Waals surface area contributed by atoms with E-state index < -0.39 is 0 Å². The first-order chi connectivity index (χ1) is 7.20. The van der Waals surface area contributed by atoms with E-state index >= 15 is 0 Å². The van der Waals surface area contributed by atoms with E-state index in [1.165, 1.54) is 0 Å². The molecule has 0 aliphatic heterocycles. The van der Waals surface area contributed by atoms with Gasteiger partial charge in [0.1, 0.15) is 5.75 Å². The van der Waals surface area contributed by atoms with Crippen LogP contribution < -0.4 is 4.74 Å². The van der Waals surface area contributed by atoms with Crippen LogP contribution in [0.15, 0.2) is 18.2 Å². The minimum Gasteiger partial charge on any atom is -0.494 e. The Morgan fingerprint density at radius 1 is 1.27 bits per heavy atom. The number of esters is 1. The molecule has 0 heterocycles. The molecule has 1 aromatic rings. The molecular weight excluding hydrogens is 192 g/mol. The van der Waals surface area contributed by atoms with Crippen molar-refractivity contribution in [3.63, 3.8) is 0 Å². The molecule has 82 valence electrons. The van der Waals surface area contributed by atoms with Crippen molar-refractivity contribution in [1.82, 2.24) is 0 Å². The van der Waals surface area contributed by atoms with Gasteiger partial charge in [0.05, 0.1) is 18.8 Å². The first-order valence-corrected chi connectivity index (χ1v) is 5.10. The molecule has 0 amide bonds. The molecule has 0 fully saturated rings. The first kappa shape index (κ1) is 11.6. The van der Waals surface area contributed by atoms with Crippen molar-refractivity contribution >= 4 is 5.97 Å². The minimum absolute atomic E-state index is 0.295. The van der Waals surface area contributed by atoms with Crippen LogP contribution >= 0.6 is 0 Å². The SMILES string of the molecule is CCOC(=O)c1cccc(OCC)c1C. The standard InChI is InChI=1S/C12H16O3/c1-4-14-11-8-6-7-10(9(11)3)12(13)15-5-2/h6-8H,4-5H2,1-3H3. The van der Waals surface area contributed by atoms with E-state index in [0.717, 1.165) is 11.3 Å². The van der Waals surface area contributed by atoms with Crippen molar-refractivity contribution in [3.8, 4) is 5.75 Å². The summed E-state index contributed by atoms with van der Waals surface area (Å²) >= 11 is 0. The molecule has 0 bridgehead atoms. The second kappa shape index (κ2) is 5.39. The third-order valence-electron chi connectivity index (χ3n) is 2.08. The van der Waals surface area contributed by atoms with E-state index in [2.05, 4.69) is 0 Å². The van der Waals surface area contributed by atoms with Crippen LogP contribution in [0.5, 0.6) is 5.75 Å². The van der Waals surface area contributed by atoms with Crippen LogP contribution in [-0.4, -0.2) is 19.2 Å². The minimum atomic E-state index is -0.295. The van der Waals surface area contributed by atoms with Gasteiger partial charge in [0.15, 0.2) is 0 Å². The molecule has 3 heteroatoms. The molecule has 1 rings (SSSR count). The summed E-state index contributed by atoms with van der Waals surface area (Å²) in [5.41, 5.74) is 1.40. The van der Waals surface area contributed by atoms with Crippen molar-refractivity contribution in [2.75, 3.05) is 13.2 Å². The fourth-order valence-corrected chi connectivity index (χ4v) is 1.36. The Bertz CT molecular complexity index is 345. The van der Waals surface area contributed by atoms with Gasteiger partial charge in [-0.1, -0.05) is 6.07 Å². The lowest BCUT2D eigenvalue weighted by Crippen LogP contribution is -2.07.